The van der Waals surface area contributed by atoms with E-state index in [9.17, 15) is 28.8 Å². The molecule has 0 radical (unpaired) electrons. The van der Waals surface area contributed by atoms with Crippen LogP contribution in [0.15, 0.2) is 67.3 Å². The van der Waals surface area contributed by atoms with Crippen LogP contribution in [0.25, 0.3) is 0 Å². The molecule has 0 amide bonds. The summed E-state index contributed by atoms with van der Waals surface area (Å²) in [4.78, 5) is 66.0. The van der Waals surface area contributed by atoms with Gasteiger partial charge in [0.2, 0.25) is 0 Å². The normalized spacial score (nSPS) is 16.2. The fourth-order valence-corrected chi connectivity index (χ4v) is 3.49. The minimum atomic E-state index is -0.468. The Morgan fingerprint density at radius 3 is 1.60 bits per heavy atom. The van der Waals surface area contributed by atoms with E-state index in [-0.39, 0.29) is 29.7 Å². The Hall–Kier alpha value is -5.00. The van der Waals surface area contributed by atoms with Gasteiger partial charge >= 0.3 is 35.8 Å². The fraction of sp³-hybridized carbons (Fsp3) is 0.394. The number of esters is 6. The Morgan fingerprint density at radius 2 is 1.22 bits per heavy atom. The molecule has 0 fully saturated rings. The van der Waals surface area contributed by atoms with E-state index in [1.54, 1.807) is 37.3 Å². The van der Waals surface area contributed by atoms with E-state index in [0.717, 1.165) is 0 Å². The summed E-state index contributed by atoms with van der Waals surface area (Å²) >= 11 is 0. The van der Waals surface area contributed by atoms with Gasteiger partial charge in [-0.15, -0.1) is 6.58 Å². The van der Waals surface area contributed by atoms with Crippen LogP contribution in [-0.4, -0.2) is 78.5 Å². The number of ether oxygens (including phenoxy) is 6. The summed E-state index contributed by atoms with van der Waals surface area (Å²) in [7, 11) is 7.91. The van der Waals surface area contributed by atoms with Gasteiger partial charge < -0.3 is 28.4 Å². The van der Waals surface area contributed by atoms with E-state index < -0.39 is 23.9 Å². The van der Waals surface area contributed by atoms with Crippen molar-refractivity contribution in [3.8, 4) is 0 Å². The molecule has 12 nitrogen and oxygen atoms in total. The summed E-state index contributed by atoms with van der Waals surface area (Å²) in [6.07, 6.45) is 11.0. The first kappa shape index (κ1) is 42.1. The first-order valence-corrected chi connectivity index (χ1v) is 13.5. The lowest BCUT2D eigenvalue weighted by atomic mass is 9.80. The maximum Gasteiger partial charge on any atom is 0.338 e. The van der Waals surface area contributed by atoms with Crippen molar-refractivity contribution < 1.29 is 57.2 Å². The number of methoxy groups -OCH3 is 6. The first-order valence-electron chi connectivity index (χ1n) is 13.5. The van der Waals surface area contributed by atoms with Gasteiger partial charge in [0.1, 0.15) is 0 Å². The summed E-state index contributed by atoms with van der Waals surface area (Å²) < 4.78 is 27.1. The van der Waals surface area contributed by atoms with Crippen LogP contribution in [-0.2, 0) is 47.6 Å². The van der Waals surface area contributed by atoms with Gasteiger partial charge in [-0.1, -0.05) is 37.3 Å². The number of allylic oxidation sites excluding steroid dienone is 3. The predicted molar refractivity (Wildman–Crippen MR) is 166 cm³/mol. The molecule has 3 unspecified atom stereocenters. The van der Waals surface area contributed by atoms with Gasteiger partial charge in [0.05, 0.1) is 65.6 Å². The van der Waals surface area contributed by atoms with Crippen molar-refractivity contribution in [2.45, 2.75) is 27.2 Å². The van der Waals surface area contributed by atoms with E-state index in [2.05, 4.69) is 35.0 Å². The molecular weight excluding hydrogens is 588 g/mol. The van der Waals surface area contributed by atoms with Gasteiger partial charge in [-0.2, -0.15) is 0 Å². The van der Waals surface area contributed by atoms with Crippen LogP contribution < -0.4 is 0 Å². The molecule has 2 rings (SSSR count). The highest BCUT2D eigenvalue weighted by Gasteiger charge is 2.32. The SMILES string of the molecule is C=CC.COC(=O)/C=C/C=C/C(=O)OC.COC(=O)C1C=CC(C(=O)OC)C(C)C1.COC(=O)c1ccc(C(=O)OC)c(C)c1. The van der Waals surface area contributed by atoms with Gasteiger partial charge in [0.15, 0.2) is 0 Å². The second-order valence-corrected chi connectivity index (χ2v) is 8.96. The highest BCUT2D eigenvalue weighted by Crippen LogP contribution is 2.29. The van der Waals surface area contributed by atoms with Gasteiger partial charge in [0, 0.05) is 12.2 Å². The number of hydrogen-bond acceptors (Lipinski definition) is 12. The van der Waals surface area contributed by atoms with Crippen LogP contribution in [0.2, 0.25) is 0 Å². The second-order valence-electron chi connectivity index (χ2n) is 8.96. The molecule has 0 heterocycles. The van der Waals surface area contributed by atoms with Gasteiger partial charge in [-0.3, -0.25) is 9.59 Å². The molecule has 1 aromatic rings. The quantitative estimate of drug-likeness (QED) is 0.138. The van der Waals surface area contributed by atoms with Crippen LogP contribution in [0.1, 0.15) is 46.5 Å². The molecule has 0 saturated carbocycles. The van der Waals surface area contributed by atoms with Crippen molar-refractivity contribution in [2.75, 3.05) is 42.7 Å². The average Bonchev–Trinajstić information content (AvgIpc) is 3.05. The summed E-state index contributed by atoms with van der Waals surface area (Å²) in [6.45, 7) is 8.92. The van der Waals surface area contributed by atoms with Gasteiger partial charge in [-0.05, 0) is 49.9 Å². The molecule has 1 aliphatic rings. The maximum absolute atomic E-state index is 11.3. The smallest absolute Gasteiger partial charge is 0.338 e. The zero-order valence-electron chi connectivity index (χ0n) is 27.3. The van der Waals surface area contributed by atoms with Gasteiger partial charge in [-0.25, -0.2) is 19.2 Å². The molecular formula is C33H44O12. The number of aryl methyl sites for hydroxylation is 1. The Labute approximate surface area is 264 Å². The molecule has 0 N–H and O–H groups in total. The van der Waals surface area contributed by atoms with Crippen LogP contribution in [0, 0.1) is 24.7 Å². The number of carbonyl (C=O) groups is 6. The van der Waals surface area contributed by atoms with E-state index in [0.29, 0.717) is 23.1 Å². The van der Waals surface area contributed by atoms with Crippen LogP contribution >= 0.6 is 0 Å². The van der Waals surface area contributed by atoms with Crippen molar-refractivity contribution in [3.05, 3.63) is 84.0 Å². The summed E-state index contributed by atoms with van der Waals surface area (Å²) in [6, 6.07) is 4.68. The third kappa shape index (κ3) is 17.0. The average molecular weight is 633 g/mol. The fourth-order valence-electron chi connectivity index (χ4n) is 3.49. The molecule has 3 atom stereocenters. The molecule has 1 aliphatic carbocycles. The van der Waals surface area contributed by atoms with Crippen LogP contribution in [0.5, 0.6) is 0 Å². The molecule has 0 spiro atoms. The standard InChI is InChI=1S/C11H16O4.C11H12O4.C8H10O4.C3H6/c2*1-7-6-8(10(12)14-2)4-5-9(7)11(13)15-3;1-11-7(9)5-3-4-6-8(10)12-2;1-3-2/h4-5,7-9H,6H2,1-3H3;4-6H,1-3H3;3-6H,1-2H3;3H,1H2,2H3/b;;5-3+,6-4+;. The van der Waals surface area contributed by atoms with Crippen molar-refractivity contribution >= 4 is 35.8 Å². The number of benzene rings is 1. The molecule has 0 aliphatic heterocycles. The predicted octanol–water partition coefficient (Wildman–Crippen LogP) is 4.37. The Kier molecular flexibility index (Phi) is 22.9. The topological polar surface area (TPSA) is 158 Å². The number of carbonyl (C=O) groups excluding carboxylic acids is 6. The van der Waals surface area contributed by atoms with Gasteiger partial charge in [0.25, 0.3) is 0 Å². The van der Waals surface area contributed by atoms with E-state index in [1.165, 1.54) is 73.0 Å². The largest absolute Gasteiger partial charge is 0.469 e. The maximum atomic E-state index is 11.3. The third-order valence-corrected chi connectivity index (χ3v) is 5.80. The zero-order chi connectivity index (χ0) is 34.9. The molecule has 45 heavy (non-hydrogen) atoms. The van der Waals surface area contributed by atoms with E-state index in [1.807, 2.05) is 13.8 Å². The Balaban J connectivity index is 0. The third-order valence-electron chi connectivity index (χ3n) is 5.80. The summed E-state index contributed by atoms with van der Waals surface area (Å²) in [5, 5.41) is 0. The Bertz CT molecular complexity index is 1200. The van der Waals surface area contributed by atoms with E-state index in [4.69, 9.17) is 0 Å². The van der Waals surface area contributed by atoms with Crippen molar-refractivity contribution in [1.29, 1.82) is 0 Å². The number of hydrogen-bond donors (Lipinski definition) is 0. The summed E-state index contributed by atoms with van der Waals surface area (Å²) in [5.41, 5.74) is 1.55. The van der Waals surface area contributed by atoms with Crippen molar-refractivity contribution in [3.63, 3.8) is 0 Å². The lowest BCUT2D eigenvalue weighted by Gasteiger charge is -2.25. The second kappa shape index (κ2) is 24.4. The van der Waals surface area contributed by atoms with Crippen LogP contribution in [0.3, 0.4) is 0 Å². The number of rotatable bonds is 7. The van der Waals surface area contributed by atoms with E-state index >= 15 is 0 Å². The minimum Gasteiger partial charge on any atom is -0.469 e. The molecule has 1 aromatic carbocycles. The molecule has 248 valence electrons. The highest BCUT2D eigenvalue weighted by molar-refractivity contribution is 5.94. The zero-order valence-corrected chi connectivity index (χ0v) is 27.3. The molecule has 0 saturated heterocycles. The lowest BCUT2D eigenvalue weighted by molar-refractivity contribution is -0.148. The highest BCUT2D eigenvalue weighted by atomic mass is 16.5. The van der Waals surface area contributed by atoms with Crippen molar-refractivity contribution in [1.82, 2.24) is 0 Å². The molecule has 12 heteroatoms. The lowest BCUT2D eigenvalue weighted by Crippen LogP contribution is -2.29. The molecule has 0 bridgehead atoms. The Morgan fingerprint density at radius 1 is 0.733 bits per heavy atom. The molecule has 0 aromatic heterocycles. The monoisotopic (exact) mass is 632 g/mol. The summed E-state index contributed by atoms with van der Waals surface area (Å²) in [5.74, 6) is -2.63. The first-order chi connectivity index (χ1) is 21.3. The van der Waals surface area contributed by atoms with Crippen molar-refractivity contribution in [2.24, 2.45) is 17.8 Å². The van der Waals surface area contributed by atoms with Crippen LogP contribution in [0.4, 0.5) is 0 Å². The minimum absolute atomic E-state index is 0.103.